The maximum atomic E-state index is 5.44. The fourth-order valence-corrected chi connectivity index (χ4v) is 2.10. The molecule has 0 fully saturated rings. The topological polar surface area (TPSA) is 54.7 Å². The van der Waals surface area contributed by atoms with E-state index in [0.717, 1.165) is 28.3 Å². The molecule has 0 aliphatic heterocycles. The minimum Gasteiger partial charge on any atom is -0.462 e. The third-order valence-electron chi connectivity index (χ3n) is 2.19. The molecule has 1 N–H and O–H groups in total. The number of thioether (sulfide) groups is 1. The van der Waals surface area contributed by atoms with Crippen molar-refractivity contribution in [3.63, 3.8) is 0 Å². The summed E-state index contributed by atoms with van der Waals surface area (Å²) >= 11 is 1.66. The van der Waals surface area contributed by atoms with E-state index in [-0.39, 0.29) is 0 Å². The summed E-state index contributed by atoms with van der Waals surface area (Å²) < 4.78 is 5.44. The quantitative estimate of drug-likeness (QED) is 0.837. The molecule has 5 heteroatoms. The first-order valence-corrected chi connectivity index (χ1v) is 6.92. The van der Waals surface area contributed by atoms with Crippen LogP contribution in [-0.4, -0.2) is 20.9 Å². The van der Waals surface area contributed by atoms with Gasteiger partial charge in [-0.05, 0) is 37.1 Å². The Morgan fingerprint density at radius 2 is 2.22 bits per heavy atom. The molecular weight excluding hydrogens is 246 g/mol. The van der Waals surface area contributed by atoms with E-state index in [1.165, 1.54) is 0 Å². The van der Waals surface area contributed by atoms with Crippen LogP contribution in [0, 0.1) is 12.8 Å². The van der Waals surface area contributed by atoms with Gasteiger partial charge in [-0.15, -0.1) is 5.10 Å². The Morgan fingerprint density at radius 3 is 2.89 bits per heavy atom. The number of hydrogen-bond acceptors (Lipinski definition) is 4. The second-order valence-electron chi connectivity index (χ2n) is 4.49. The van der Waals surface area contributed by atoms with Crippen molar-refractivity contribution in [3.05, 3.63) is 29.5 Å². The highest BCUT2D eigenvalue weighted by molar-refractivity contribution is 7.99. The van der Waals surface area contributed by atoms with Crippen LogP contribution in [-0.2, 0) is 0 Å². The molecular formula is C13H17N3OS. The van der Waals surface area contributed by atoms with Crippen molar-refractivity contribution in [2.45, 2.75) is 25.9 Å². The van der Waals surface area contributed by atoms with Gasteiger partial charge in [0.05, 0.1) is 0 Å². The standard InChI is InChI=1S/C13H17N3OS/c1-9(2)8-18-13-14-12(15-16-13)7-6-11-5-4-10(3)17-11/h4-7,9H,8H2,1-3H3,(H,14,15,16)/b7-6+. The van der Waals surface area contributed by atoms with Gasteiger partial charge in [0.1, 0.15) is 17.3 Å². The molecule has 2 heterocycles. The second kappa shape index (κ2) is 5.91. The fourth-order valence-electron chi connectivity index (χ4n) is 1.34. The largest absolute Gasteiger partial charge is 0.462 e. The monoisotopic (exact) mass is 263 g/mol. The minimum atomic E-state index is 0.638. The molecule has 2 rings (SSSR count). The Bertz CT molecular complexity index is 528. The van der Waals surface area contributed by atoms with Crippen LogP contribution >= 0.6 is 11.8 Å². The molecule has 0 atom stereocenters. The maximum absolute atomic E-state index is 5.44. The second-order valence-corrected chi connectivity index (χ2v) is 5.48. The third kappa shape index (κ3) is 3.77. The Kier molecular flexibility index (Phi) is 4.25. The molecule has 2 aromatic rings. The molecule has 0 aromatic carbocycles. The zero-order chi connectivity index (χ0) is 13.0. The summed E-state index contributed by atoms with van der Waals surface area (Å²) in [7, 11) is 0. The zero-order valence-corrected chi connectivity index (χ0v) is 11.6. The number of aryl methyl sites for hydroxylation is 1. The van der Waals surface area contributed by atoms with E-state index < -0.39 is 0 Å². The lowest BCUT2D eigenvalue weighted by Gasteiger charge is -1.98. The summed E-state index contributed by atoms with van der Waals surface area (Å²) in [6, 6.07) is 3.86. The van der Waals surface area contributed by atoms with Crippen LogP contribution in [0.15, 0.2) is 21.7 Å². The molecule has 0 saturated heterocycles. The maximum Gasteiger partial charge on any atom is 0.208 e. The summed E-state index contributed by atoms with van der Waals surface area (Å²) in [5, 5.41) is 7.84. The lowest BCUT2D eigenvalue weighted by molar-refractivity contribution is 0.525. The number of nitrogens with zero attached hydrogens (tertiary/aromatic N) is 2. The molecule has 4 nitrogen and oxygen atoms in total. The Labute approximate surface area is 111 Å². The van der Waals surface area contributed by atoms with E-state index in [1.807, 2.05) is 31.2 Å². The van der Waals surface area contributed by atoms with Gasteiger partial charge in [-0.2, -0.15) is 0 Å². The molecule has 0 unspecified atom stereocenters. The van der Waals surface area contributed by atoms with E-state index in [2.05, 4.69) is 29.0 Å². The lowest BCUT2D eigenvalue weighted by atomic mass is 10.3. The first-order chi connectivity index (χ1) is 8.63. The molecule has 0 amide bonds. The lowest BCUT2D eigenvalue weighted by Crippen LogP contribution is -1.90. The molecule has 0 aliphatic rings. The van der Waals surface area contributed by atoms with Crippen LogP contribution in [0.2, 0.25) is 0 Å². The number of aromatic nitrogens is 3. The van der Waals surface area contributed by atoms with E-state index in [9.17, 15) is 0 Å². The Morgan fingerprint density at radius 1 is 1.39 bits per heavy atom. The third-order valence-corrected chi connectivity index (χ3v) is 3.47. The number of H-pyrrole nitrogens is 1. The molecule has 2 aromatic heterocycles. The Balaban J connectivity index is 1.96. The molecule has 0 bridgehead atoms. The van der Waals surface area contributed by atoms with Crippen LogP contribution < -0.4 is 0 Å². The van der Waals surface area contributed by atoms with E-state index in [4.69, 9.17) is 4.42 Å². The minimum absolute atomic E-state index is 0.638. The van der Waals surface area contributed by atoms with Gasteiger partial charge in [-0.3, -0.25) is 5.10 Å². The van der Waals surface area contributed by atoms with Crippen molar-refractivity contribution in [1.29, 1.82) is 0 Å². The highest BCUT2D eigenvalue weighted by Crippen LogP contribution is 2.16. The van der Waals surface area contributed by atoms with Gasteiger partial charge >= 0.3 is 0 Å². The van der Waals surface area contributed by atoms with Crippen LogP contribution in [0.5, 0.6) is 0 Å². The molecule has 0 radical (unpaired) electrons. The van der Waals surface area contributed by atoms with Gasteiger partial charge in [-0.1, -0.05) is 25.6 Å². The van der Waals surface area contributed by atoms with Crippen LogP contribution in [0.1, 0.15) is 31.2 Å². The number of aromatic amines is 1. The summed E-state index contributed by atoms with van der Waals surface area (Å²) in [6.07, 6.45) is 3.75. The highest BCUT2D eigenvalue weighted by atomic mass is 32.2. The fraction of sp³-hybridized carbons (Fsp3) is 0.385. The van der Waals surface area contributed by atoms with Crippen molar-refractivity contribution >= 4 is 23.9 Å². The summed E-state index contributed by atoms with van der Waals surface area (Å²) in [5.41, 5.74) is 0. The summed E-state index contributed by atoms with van der Waals surface area (Å²) in [6.45, 7) is 6.28. The van der Waals surface area contributed by atoms with Crippen molar-refractivity contribution in [2.75, 3.05) is 5.75 Å². The summed E-state index contributed by atoms with van der Waals surface area (Å²) in [4.78, 5) is 4.37. The van der Waals surface area contributed by atoms with Gasteiger partial charge in [0.25, 0.3) is 0 Å². The number of rotatable bonds is 5. The summed E-state index contributed by atoms with van der Waals surface area (Å²) in [5.74, 6) is 4.13. The van der Waals surface area contributed by atoms with Gasteiger partial charge in [0.15, 0.2) is 0 Å². The number of furan rings is 1. The molecule has 0 aliphatic carbocycles. The van der Waals surface area contributed by atoms with Crippen LogP contribution in [0.25, 0.3) is 12.2 Å². The first-order valence-electron chi connectivity index (χ1n) is 5.93. The van der Waals surface area contributed by atoms with Crippen molar-refractivity contribution < 1.29 is 4.42 Å². The van der Waals surface area contributed by atoms with Crippen LogP contribution in [0.4, 0.5) is 0 Å². The van der Waals surface area contributed by atoms with Gasteiger partial charge < -0.3 is 4.42 Å². The predicted octanol–water partition coefficient (Wildman–Crippen LogP) is 3.62. The van der Waals surface area contributed by atoms with E-state index in [0.29, 0.717) is 5.92 Å². The Hall–Kier alpha value is -1.49. The van der Waals surface area contributed by atoms with Crippen molar-refractivity contribution in [2.24, 2.45) is 5.92 Å². The number of hydrogen-bond donors (Lipinski definition) is 1. The molecule has 18 heavy (non-hydrogen) atoms. The van der Waals surface area contributed by atoms with Crippen LogP contribution in [0.3, 0.4) is 0 Å². The van der Waals surface area contributed by atoms with E-state index >= 15 is 0 Å². The molecule has 96 valence electrons. The SMILES string of the molecule is Cc1ccc(/C=C/c2nc(SCC(C)C)n[nH]2)o1. The number of nitrogens with one attached hydrogen (secondary N) is 1. The zero-order valence-electron chi connectivity index (χ0n) is 10.8. The molecule has 0 saturated carbocycles. The highest BCUT2D eigenvalue weighted by Gasteiger charge is 2.03. The first kappa shape index (κ1) is 13.0. The molecule has 0 spiro atoms. The van der Waals surface area contributed by atoms with Crippen molar-refractivity contribution in [1.82, 2.24) is 15.2 Å². The van der Waals surface area contributed by atoms with Crippen molar-refractivity contribution in [3.8, 4) is 0 Å². The average Bonchev–Trinajstić information content (AvgIpc) is 2.93. The van der Waals surface area contributed by atoms with Gasteiger partial charge in [0, 0.05) is 5.75 Å². The van der Waals surface area contributed by atoms with Gasteiger partial charge in [-0.25, -0.2) is 4.98 Å². The van der Waals surface area contributed by atoms with E-state index in [1.54, 1.807) is 11.8 Å². The average molecular weight is 263 g/mol. The normalized spacial score (nSPS) is 11.8. The smallest absolute Gasteiger partial charge is 0.208 e. The predicted molar refractivity (Wildman–Crippen MR) is 74.3 cm³/mol. The van der Waals surface area contributed by atoms with Gasteiger partial charge in [0.2, 0.25) is 5.16 Å².